The summed E-state index contributed by atoms with van der Waals surface area (Å²) in [6.07, 6.45) is 36.5. The molecule has 306 valence electrons. The van der Waals surface area contributed by atoms with Crippen molar-refractivity contribution in [1.29, 1.82) is 0 Å². The van der Waals surface area contributed by atoms with Crippen molar-refractivity contribution in [2.45, 2.75) is 187 Å². The van der Waals surface area contributed by atoms with Crippen LogP contribution in [-0.2, 0) is 32.7 Å². The number of hydrogen-bond donors (Lipinski definition) is 1. The quantitative estimate of drug-likeness (QED) is 0.0218. The molecule has 0 fully saturated rings. The van der Waals surface area contributed by atoms with Gasteiger partial charge in [-0.25, -0.2) is 4.57 Å². The molecule has 0 aromatic rings. The van der Waals surface area contributed by atoms with Gasteiger partial charge in [-0.1, -0.05) is 147 Å². The number of phosphoric ester groups is 1. The first-order valence-electron chi connectivity index (χ1n) is 21.1. The number of nitrogens with zero attached hydrogens (tertiary/aromatic N) is 1. The molecule has 9 nitrogen and oxygen atoms in total. The lowest BCUT2D eigenvalue weighted by Crippen LogP contribution is -2.37. The zero-order valence-corrected chi connectivity index (χ0v) is 35.2. The molecule has 2 atom stereocenters. The van der Waals surface area contributed by atoms with Crippen molar-refractivity contribution in [2.75, 3.05) is 47.5 Å². The Morgan fingerprint density at radius 1 is 0.596 bits per heavy atom. The van der Waals surface area contributed by atoms with Crippen molar-refractivity contribution in [3.05, 3.63) is 24.3 Å². The normalized spacial score (nSPS) is 13.9. The molecule has 0 saturated carbocycles. The molecular weight excluding hydrogens is 677 g/mol. The van der Waals surface area contributed by atoms with Crippen LogP contribution in [0.5, 0.6) is 0 Å². The second-order valence-electron chi connectivity index (χ2n) is 15.4. The molecule has 0 aromatic heterocycles. The van der Waals surface area contributed by atoms with Gasteiger partial charge in [-0.2, -0.15) is 0 Å². The number of unbranched alkanes of at least 4 members (excludes halogenated alkanes) is 20. The van der Waals surface area contributed by atoms with Crippen molar-refractivity contribution in [3.63, 3.8) is 0 Å². The zero-order valence-electron chi connectivity index (χ0n) is 34.3. The summed E-state index contributed by atoms with van der Waals surface area (Å²) >= 11 is 0. The summed E-state index contributed by atoms with van der Waals surface area (Å²) in [5.41, 5.74) is 0. The highest BCUT2D eigenvalue weighted by molar-refractivity contribution is 7.47. The number of phosphoric acid groups is 1. The van der Waals surface area contributed by atoms with E-state index in [2.05, 4.69) is 38.2 Å². The van der Waals surface area contributed by atoms with Crippen molar-refractivity contribution < 1.29 is 42.1 Å². The number of likely N-dealkylation sites (N-methyl/N-ethyl adjacent to an activating group) is 1. The van der Waals surface area contributed by atoms with E-state index < -0.39 is 26.5 Å². The third-order valence-corrected chi connectivity index (χ3v) is 9.97. The van der Waals surface area contributed by atoms with E-state index in [-0.39, 0.29) is 32.0 Å². The minimum atomic E-state index is -4.37. The van der Waals surface area contributed by atoms with Gasteiger partial charge in [0.2, 0.25) is 0 Å². The number of rotatable bonds is 38. The Hall–Kier alpha value is -1.51. The molecule has 1 N–H and O–H groups in total. The summed E-state index contributed by atoms with van der Waals surface area (Å²) in [7, 11) is 1.47. The van der Waals surface area contributed by atoms with Crippen molar-refractivity contribution in [1.82, 2.24) is 0 Å². The average Bonchev–Trinajstić information content (AvgIpc) is 3.09. The van der Waals surface area contributed by atoms with Gasteiger partial charge in [-0.05, 0) is 44.9 Å². The van der Waals surface area contributed by atoms with Crippen molar-refractivity contribution in [3.8, 4) is 0 Å². The van der Waals surface area contributed by atoms with Crippen LogP contribution in [0, 0.1) is 0 Å². The molecular formula is C42H81NO8P+. The topological polar surface area (TPSA) is 108 Å². The SMILES string of the molecule is CCCCCC/C=C\C/C=C\CCCCCCCCCC(=O)OC(COC(=O)CCCCCCCCCCCC)COP(=O)(O)OCC[N+](C)(C)C. The molecule has 0 heterocycles. The van der Waals surface area contributed by atoms with Crippen molar-refractivity contribution >= 4 is 19.8 Å². The minimum Gasteiger partial charge on any atom is -0.462 e. The molecule has 0 radical (unpaired) electrons. The molecule has 0 aromatic carbocycles. The van der Waals surface area contributed by atoms with E-state index in [4.69, 9.17) is 18.5 Å². The Balaban J connectivity index is 4.36. The van der Waals surface area contributed by atoms with Crippen LogP contribution in [0.1, 0.15) is 181 Å². The van der Waals surface area contributed by atoms with E-state index in [1.54, 1.807) is 0 Å². The molecule has 0 rings (SSSR count). The standard InChI is InChI=1S/C42H80NO8P/c1-6-8-10-12-14-16-18-19-20-21-22-23-24-25-27-29-31-33-35-42(45)51-40(39-50-52(46,47)49-37-36-43(3,4)5)38-48-41(44)34-32-30-28-26-17-15-13-11-9-7-2/h16,18,20-21,40H,6-15,17,19,22-39H2,1-5H3/p+1/b18-16-,21-20-. The highest BCUT2D eigenvalue weighted by Crippen LogP contribution is 2.43. The van der Waals surface area contributed by atoms with Gasteiger partial charge in [0.1, 0.15) is 19.8 Å². The number of allylic oxidation sites excluding steroid dienone is 4. The molecule has 0 amide bonds. The van der Waals surface area contributed by atoms with Crippen LogP contribution in [0.25, 0.3) is 0 Å². The highest BCUT2D eigenvalue weighted by atomic mass is 31.2. The lowest BCUT2D eigenvalue weighted by atomic mass is 10.1. The molecule has 0 saturated heterocycles. The third-order valence-electron chi connectivity index (χ3n) is 8.98. The smallest absolute Gasteiger partial charge is 0.462 e. The summed E-state index contributed by atoms with van der Waals surface area (Å²) in [5.74, 6) is -0.806. The van der Waals surface area contributed by atoms with Gasteiger partial charge in [-0.3, -0.25) is 18.6 Å². The zero-order chi connectivity index (χ0) is 38.6. The van der Waals surface area contributed by atoms with Gasteiger partial charge in [0, 0.05) is 12.8 Å². The first kappa shape index (κ1) is 50.5. The fourth-order valence-electron chi connectivity index (χ4n) is 5.63. The molecule has 0 aliphatic heterocycles. The number of carbonyl (C=O) groups excluding carboxylic acids is 2. The van der Waals surface area contributed by atoms with E-state index in [9.17, 15) is 19.0 Å². The average molecular weight is 759 g/mol. The number of carbonyl (C=O) groups is 2. The summed E-state index contributed by atoms with van der Waals surface area (Å²) in [5, 5.41) is 0. The van der Waals surface area contributed by atoms with Gasteiger partial charge in [0.05, 0.1) is 27.7 Å². The highest BCUT2D eigenvalue weighted by Gasteiger charge is 2.27. The van der Waals surface area contributed by atoms with Gasteiger partial charge in [0.15, 0.2) is 6.10 Å². The molecule has 0 aliphatic rings. The maximum Gasteiger partial charge on any atom is 0.472 e. The first-order chi connectivity index (χ1) is 25.0. The number of hydrogen-bond acceptors (Lipinski definition) is 7. The van der Waals surface area contributed by atoms with Gasteiger partial charge < -0.3 is 18.9 Å². The van der Waals surface area contributed by atoms with E-state index in [0.29, 0.717) is 17.4 Å². The fourth-order valence-corrected chi connectivity index (χ4v) is 6.37. The fraction of sp³-hybridized carbons (Fsp3) is 0.857. The maximum atomic E-state index is 12.7. The molecule has 2 unspecified atom stereocenters. The predicted molar refractivity (Wildman–Crippen MR) is 215 cm³/mol. The van der Waals surface area contributed by atoms with E-state index in [0.717, 1.165) is 51.4 Å². The van der Waals surface area contributed by atoms with Crippen molar-refractivity contribution in [2.24, 2.45) is 0 Å². The molecule has 52 heavy (non-hydrogen) atoms. The lowest BCUT2D eigenvalue weighted by Gasteiger charge is -2.24. The monoisotopic (exact) mass is 759 g/mol. The molecule has 0 bridgehead atoms. The van der Waals surface area contributed by atoms with Crippen LogP contribution in [0.3, 0.4) is 0 Å². The van der Waals surface area contributed by atoms with Crippen LogP contribution < -0.4 is 0 Å². The van der Waals surface area contributed by atoms with Crippen LogP contribution in [0.4, 0.5) is 0 Å². The first-order valence-corrected chi connectivity index (χ1v) is 22.6. The molecule has 0 aliphatic carbocycles. The van der Waals surface area contributed by atoms with E-state index in [1.807, 2.05) is 21.1 Å². The molecule has 0 spiro atoms. The number of quaternary nitrogens is 1. The van der Waals surface area contributed by atoms with Gasteiger partial charge in [0.25, 0.3) is 0 Å². The lowest BCUT2D eigenvalue weighted by molar-refractivity contribution is -0.870. The second-order valence-corrected chi connectivity index (χ2v) is 16.8. The van der Waals surface area contributed by atoms with Gasteiger partial charge in [-0.15, -0.1) is 0 Å². The Morgan fingerprint density at radius 2 is 1.04 bits per heavy atom. The minimum absolute atomic E-state index is 0.0315. The summed E-state index contributed by atoms with van der Waals surface area (Å²) < 4.78 is 34.2. The Morgan fingerprint density at radius 3 is 1.54 bits per heavy atom. The second kappa shape index (κ2) is 35.2. The van der Waals surface area contributed by atoms with E-state index >= 15 is 0 Å². The van der Waals surface area contributed by atoms with E-state index in [1.165, 1.54) is 96.3 Å². The van der Waals surface area contributed by atoms with Crippen LogP contribution in [0.15, 0.2) is 24.3 Å². The Bertz CT molecular complexity index is 949. The summed E-state index contributed by atoms with van der Waals surface area (Å²) in [6.45, 7) is 4.38. The third kappa shape index (κ3) is 38.2. The maximum absolute atomic E-state index is 12.7. The Kier molecular flexibility index (Phi) is 34.2. The predicted octanol–water partition coefficient (Wildman–Crippen LogP) is 11.6. The van der Waals surface area contributed by atoms with Crippen LogP contribution >= 0.6 is 7.82 Å². The molecule has 10 heteroatoms. The number of esters is 2. The summed E-state index contributed by atoms with van der Waals surface area (Å²) in [6, 6.07) is 0. The Labute approximate surface area is 319 Å². The van der Waals surface area contributed by atoms with Crippen LogP contribution in [0.2, 0.25) is 0 Å². The summed E-state index contributed by atoms with van der Waals surface area (Å²) in [4.78, 5) is 35.2. The van der Waals surface area contributed by atoms with Crippen LogP contribution in [-0.4, -0.2) is 74.9 Å². The number of ether oxygens (including phenoxy) is 2. The van der Waals surface area contributed by atoms with Gasteiger partial charge >= 0.3 is 19.8 Å². The largest absolute Gasteiger partial charge is 0.472 e.